The highest BCUT2D eigenvalue weighted by Gasteiger charge is 2.24. The lowest BCUT2D eigenvalue weighted by Gasteiger charge is -2.33. The number of carbonyl (C=O) groups excluding carboxylic acids is 1. The quantitative estimate of drug-likeness (QED) is 0.779. The fourth-order valence-electron chi connectivity index (χ4n) is 1.95. The smallest absolute Gasteiger partial charge is 0.292 e. The molecule has 0 spiro atoms. The zero-order valence-corrected chi connectivity index (χ0v) is 11.1. The molecule has 1 saturated heterocycles. The lowest BCUT2D eigenvalue weighted by atomic mass is 10.2. The van der Waals surface area contributed by atoms with Gasteiger partial charge in [0.2, 0.25) is 5.76 Å². The van der Waals surface area contributed by atoms with Gasteiger partial charge in [-0.3, -0.25) is 9.69 Å². The molecule has 98 valence electrons. The molecule has 0 unspecified atom stereocenters. The molecule has 0 radical (unpaired) electrons. The largest absolute Gasteiger partial charge is 0.392 e. The van der Waals surface area contributed by atoms with E-state index in [0.717, 1.165) is 13.1 Å². The first-order chi connectivity index (χ1) is 8.56. The number of thiocarbonyl (C=S) groups is 1. The van der Waals surface area contributed by atoms with E-state index in [4.69, 9.17) is 22.5 Å². The second-order valence-corrected chi connectivity index (χ2v) is 4.89. The molecule has 0 aliphatic carbocycles. The molecular formula is C11H16N4O2S. The summed E-state index contributed by atoms with van der Waals surface area (Å²) in [7, 11) is 0. The van der Waals surface area contributed by atoms with Gasteiger partial charge in [0.05, 0.1) is 10.7 Å². The minimum absolute atomic E-state index is 0.106. The third-order valence-corrected chi connectivity index (χ3v) is 3.01. The van der Waals surface area contributed by atoms with Crippen molar-refractivity contribution in [3.05, 3.63) is 17.5 Å². The summed E-state index contributed by atoms with van der Waals surface area (Å²) in [4.78, 5) is 16.4. The summed E-state index contributed by atoms with van der Waals surface area (Å²) in [6.07, 6.45) is 0. The monoisotopic (exact) mass is 268 g/mol. The Bertz CT molecular complexity index is 452. The summed E-state index contributed by atoms with van der Waals surface area (Å²) in [5.41, 5.74) is 6.21. The van der Waals surface area contributed by atoms with Crippen LogP contribution in [-0.2, 0) is 0 Å². The van der Waals surface area contributed by atoms with Crippen molar-refractivity contribution < 1.29 is 9.32 Å². The maximum atomic E-state index is 12.1. The van der Waals surface area contributed by atoms with Gasteiger partial charge in [0, 0.05) is 38.8 Å². The Morgan fingerprint density at radius 3 is 2.67 bits per heavy atom. The molecule has 2 N–H and O–H groups in total. The van der Waals surface area contributed by atoms with Gasteiger partial charge in [-0.25, -0.2) is 0 Å². The Hall–Kier alpha value is -1.47. The van der Waals surface area contributed by atoms with E-state index in [1.807, 2.05) is 0 Å². The number of nitrogens with zero attached hydrogens (tertiary/aromatic N) is 3. The van der Waals surface area contributed by atoms with Crippen molar-refractivity contribution in [1.29, 1.82) is 0 Å². The zero-order valence-electron chi connectivity index (χ0n) is 10.3. The highest BCUT2D eigenvalue weighted by atomic mass is 32.1. The van der Waals surface area contributed by atoms with Crippen LogP contribution in [0, 0.1) is 6.92 Å². The Labute approximate surface area is 111 Å². The topological polar surface area (TPSA) is 75.6 Å². The van der Waals surface area contributed by atoms with Crippen molar-refractivity contribution in [2.45, 2.75) is 6.92 Å². The van der Waals surface area contributed by atoms with Gasteiger partial charge in [0.1, 0.15) is 0 Å². The van der Waals surface area contributed by atoms with Gasteiger partial charge in [-0.15, -0.1) is 0 Å². The molecule has 6 nitrogen and oxygen atoms in total. The van der Waals surface area contributed by atoms with Crippen LogP contribution in [0.2, 0.25) is 0 Å². The van der Waals surface area contributed by atoms with Crippen LogP contribution in [0.4, 0.5) is 0 Å². The molecule has 2 rings (SSSR count). The van der Waals surface area contributed by atoms with Crippen LogP contribution in [0.15, 0.2) is 10.6 Å². The zero-order chi connectivity index (χ0) is 13.1. The molecular weight excluding hydrogens is 252 g/mol. The summed E-state index contributed by atoms with van der Waals surface area (Å²) >= 11 is 4.87. The number of aromatic nitrogens is 1. The van der Waals surface area contributed by atoms with E-state index in [1.54, 1.807) is 17.9 Å². The Kier molecular flexibility index (Phi) is 3.93. The number of aryl methyl sites for hydroxylation is 1. The molecule has 0 aromatic carbocycles. The number of hydrogen-bond acceptors (Lipinski definition) is 5. The van der Waals surface area contributed by atoms with Crippen molar-refractivity contribution >= 4 is 23.1 Å². The lowest BCUT2D eigenvalue weighted by Crippen LogP contribution is -2.50. The fraction of sp³-hybridized carbons (Fsp3) is 0.545. The SMILES string of the molecule is Cc1cc(C(=O)N2CCN(CC(N)=S)CC2)on1. The number of nitrogens with two attached hydrogens (primary N) is 1. The van der Waals surface area contributed by atoms with Gasteiger partial charge in [-0.2, -0.15) is 0 Å². The molecule has 18 heavy (non-hydrogen) atoms. The van der Waals surface area contributed by atoms with Crippen molar-refractivity contribution in [3.8, 4) is 0 Å². The van der Waals surface area contributed by atoms with E-state index in [9.17, 15) is 4.79 Å². The number of carbonyl (C=O) groups is 1. The minimum atomic E-state index is -0.106. The number of hydrogen-bond donors (Lipinski definition) is 1. The molecule has 2 heterocycles. The van der Waals surface area contributed by atoms with Crippen molar-refractivity contribution in [3.63, 3.8) is 0 Å². The molecule has 1 aromatic heterocycles. The number of piperazine rings is 1. The van der Waals surface area contributed by atoms with Gasteiger partial charge in [-0.05, 0) is 6.92 Å². The second-order valence-electron chi connectivity index (χ2n) is 4.37. The first kappa shape index (κ1) is 13.0. The predicted octanol–water partition coefficient (Wildman–Crippen LogP) is 0.0269. The number of rotatable bonds is 3. The predicted molar refractivity (Wildman–Crippen MR) is 70.4 cm³/mol. The van der Waals surface area contributed by atoms with Crippen molar-refractivity contribution in [2.75, 3.05) is 32.7 Å². The lowest BCUT2D eigenvalue weighted by molar-refractivity contribution is 0.0613. The van der Waals surface area contributed by atoms with Crippen molar-refractivity contribution in [1.82, 2.24) is 15.0 Å². The van der Waals surface area contributed by atoms with Crippen LogP contribution in [-0.4, -0.2) is 58.6 Å². The van der Waals surface area contributed by atoms with E-state index in [-0.39, 0.29) is 5.91 Å². The molecule has 1 aliphatic heterocycles. The third kappa shape index (κ3) is 3.05. The fourth-order valence-corrected chi connectivity index (χ4v) is 2.13. The van der Waals surface area contributed by atoms with E-state index >= 15 is 0 Å². The van der Waals surface area contributed by atoms with Gasteiger partial charge < -0.3 is 15.2 Å². The summed E-state index contributed by atoms with van der Waals surface area (Å²) in [6.45, 7) is 5.26. The van der Waals surface area contributed by atoms with Gasteiger partial charge >= 0.3 is 0 Å². The van der Waals surface area contributed by atoms with Gasteiger partial charge in [0.25, 0.3) is 5.91 Å². The first-order valence-electron chi connectivity index (χ1n) is 5.79. The Balaban J connectivity index is 1.90. The molecule has 7 heteroatoms. The highest BCUT2D eigenvalue weighted by Crippen LogP contribution is 2.09. The minimum Gasteiger partial charge on any atom is -0.392 e. The highest BCUT2D eigenvalue weighted by molar-refractivity contribution is 7.80. The number of amides is 1. The van der Waals surface area contributed by atoms with Crippen LogP contribution < -0.4 is 5.73 Å². The second kappa shape index (κ2) is 5.45. The summed E-state index contributed by atoms with van der Waals surface area (Å²) in [5, 5.41) is 3.72. The van der Waals surface area contributed by atoms with E-state index in [1.165, 1.54) is 0 Å². The van der Waals surface area contributed by atoms with Crippen LogP contribution in [0.1, 0.15) is 16.2 Å². The van der Waals surface area contributed by atoms with Crippen LogP contribution in [0.25, 0.3) is 0 Å². The van der Waals surface area contributed by atoms with Crippen molar-refractivity contribution in [2.24, 2.45) is 5.73 Å². The molecule has 1 aliphatic rings. The van der Waals surface area contributed by atoms with E-state index in [0.29, 0.717) is 36.1 Å². The summed E-state index contributed by atoms with van der Waals surface area (Å²) < 4.78 is 4.98. The van der Waals surface area contributed by atoms with E-state index < -0.39 is 0 Å². The van der Waals surface area contributed by atoms with Gasteiger partial charge in [0.15, 0.2) is 0 Å². The van der Waals surface area contributed by atoms with Crippen LogP contribution in [0.5, 0.6) is 0 Å². The molecule has 0 saturated carbocycles. The maximum absolute atomic E-state index is 12.1. The third-order valence-electron chi connectivity index (χ3n) is 2.88. The standard InChI is InChI=1S/C11H16N4O2S/c1-8-6-9(17-13-8)11(16)15-4-2-14(3-5-15)7-10(12)18/h6H,2-5,7H2,1H3,(H2,12,18). The molecule has 1 aromatic rings. The Morgan fingerprint density at radius 1 is 1.50 bits per heavy atom. The molecule has 0 atom stereocenters. The normalized spacial score (nSPS) is 16.8. The Morgan fingerprint density at radius 2 is 2.17 bits per heavy atom. The van der Waals surface area contributed by atoms with Gasteiger partial charge in [-0.1, -0.05) is 17.4 Å². The average Bonchev–Trinajstić information content (AvgIpc) is 2.75. The summed E-state index contributed by atoms with van der Waals surface area (Å²) in [6, 6.07) is 1.66. The summed E-state index contributed by atoms with van der Waals surface area (Å²) in [5.74, 6) is 0.195. The van der Waals surface area contributed by atoms with E-state index in [2.05, 4.69) is 10.1 Å². The van der Waals surface area contributed by atoms with Crippen LogP contribution >= 0.6 is 12.2 Å². The first-order valence-corrected chi connectivity index (χ1v) is 6.20. The van der Waals surface area contributed by atoms with Crippen LogP contribution in [0.3, 0.4) is 0 Å². The molecule has 1 fully saturated rings. The maximum Gasteiger partial charge on any atom is 0.292 e. The molecule has 0 bridgehead atoms. The average molecular weight is 268 g/mol. The molecule has 1 amide bonds.